The molecular weight excluding hydrogens is 263 g/mol. The lowest BCUT2D eigenvalue weighted by Gasteiger charge is -2.11. The van der Waals surface area contributed by atoms with Crippen molar-refractivity contribution in [2.45, 2.75) is 22.6 Å². The van der Waals surface area contributed by atoms with Crippen molar-refractivity contribution in [1.29, 1.82) is 0 Å². The standard InChI is InChI=1S/C6H9IO4/c7-5(6(9)10)4-1-3(8)2-11-4/h3-5,8H,1-2H2,(H,9,10). The quantitative estimate of drug-likeness (QED) is 0.549. The second kappa shape index (κ2) is 3.68. The number of carbonyl (C=O) groups is 1. The molecular formula is C6H9IO4. The van der Waals surface area contributed by atoms with Gasteiger partial charge in [-0.1, -0.05) is 22.6 Å². The monoisotopic (exact) mass is 272 g/mol. The number of halogens is 1. The fourth-order valence-corrected chi connectivity index (χ4v) is 1.50. The predicted octanol–water partition coefficient (Wildman–Crippen LogP) is 0.0244. The van der Waals surface area contributed by atoms with Crippen LogP contribution in [0.4, 0.5) is 0 Å². The van der Waals surface area contributed by atoms with Crippen LogP contribution in [-0.2, 0) is 9.53 Å². The lowest BCUT2D eigenvalue weighted by atomic mass is 10.1. The van der Waals surface area contributed by atoms with Gasteiger partial charge in [0.25, 0.3) is 0 Å². The van der Waals surface area contributed by atoms with E-state index in [1.54, 1.807) is 0 Å². The number of carboxylic acids is 1. The Hall–Kier alpha value is 0.120. The van der Waals surface area contributed by atoms with Gasteiger partial charge in [-0.15, -0.1) is 0 Å². The molecule has 64 valence electrons. The number of rotatable bonds is 2. The highest BCUT2D eigenvalue weighted by Crippen LogP contribution is 2.21. The lowest BCUT2D eigenvalue weighted by molar-refractivity contribution is -0.138. The van der Waals surface area contributed by atoms with E-state index < -0.39 is 16.0 Å². The maximum atomic E-state index is 10.4. The summed E-state index contributed by atoms with van der Waals surface area (Å²) in [5.41, 5.74) is 0. The highest BCUT2D eigenvalue weighted by atomic mass is 127. The van der Waals surface area contributed by atoms with Crippen molar-refractivity contribution in [1.82, 2.24) is 0 Å². The number of aliphatic hydroxyl groups is 1. The van der Waals surface area contributed by atoms with Gasteiger partial charge in [0.1, 0.15) is 3.92 Å². The summed E-state index contributed by atoms with van der Waals surface area (Å²) in [7, 11) is 0. The van der Waals surface area contributed by atoms with Gasteiger partial charge in [-0.25, -0.2) is 0 Å². The average molecular weight is 272 g/mol. The molecule has 1 rings (SSSR count). The van der Waals surface area contributed by atoms with E-state index in [4.69, 9.17) is 14.9 Å². The van der Waals surface area contributed by atoms with Gasteiger partial charge in [-0.05, 0) is 0 Å². The van der Waals surface area contributed by atoms with Crippen LogP contribution in [0.2, 0.25) is 0 Å². The minimum absolute atomic E-state index is 0.261. The van der Waals surface area contributed by atoms with Crippen LogP contribution in [0.15, 0.2) is 0 Å². The van der Waals surface area contributed by atoms with Crippen LogP contribution >= 0.6 is 22.6 Å². The molecule has 11 heavy (non-hydrogen) atoms. The zero-order chi connectivity index (χ0) is 8.43. The fourth-order valence-electron chi connectivity index (χ4n) is 1.00. The number of alkyl halides is 1. The average Bonchev–Trinajstić information content (AvgIpc) is 2.34. The van der Waals surface area contributed by atoms with Crippen LogP contribution < -0.4 is 0 Å². The molecule has 0 saturated carbocycles. The molecule has 1 aliphatic heterocycles. The number of carboxylic acid groups (broad SMARTS) is 1. The van der Waals surface area contributed by atoms with Gasteiger partial charge >= 0.3 is 5.97 Å². The van der Waals surface area contributed by atoms with Crippen molar-refractivity contribution in [2.75, 3.05) is 6.61 Å². The fraction of sp³-hybridized carbons (Fsp3) is 0.833. The van der Waals surface area contributed by atoms with Crippen molar-refractivity contribution in [3.05, 3.63) is 0 Å². The number of aliphatic carboxylic acids is 1. The Morgan fingerprint density at radius 3 is 2.73 bits per heavy atom. The van der Waals surface area contributed by atoms with E-state index in [0.717, 1.165) is 0 Å². The molecule has 0 aromatic carbocycles. The number of aliphatic hydroxyl groups excluding tert-OH is 1. The van der Waals surface area contributed by atoms with Gasteiger partial charge in [0.2, 0.25) is 0 Å². The third kappa shape index (κ3) is 2.28. The van der Waals surface area contributed by atoms with E-state index in [-0.39, 0.29) is 12.7 Å². The Morgan fingerprint density at radius 1 is 1.73 bits per heavy atom. The van der Waals surface area contributed by atoms with E-state index in [1.165, 1.54) is 0 Å². The summed E-state index contributed by atoms with van der Waals surface area (Å²) in [6.07, 6.45) is -0.389. The summed E-state index contributed by atoms with van der Waals surface area (Å²) in [6.45, 7) is 0.261. The van der Waals surface area contributed by atoms with Gasteiger partial charge in [-0.3, -0.25) is 4.79 Å². The van der Waals surface area contributed by atoms with Crippen molar-refractivity contribution >= 4 is 28.6 Å². The van der Waals surface area contributed by atoms with Crippen LogP contribution in [0.5, 0.6) is 0 Å². The first-order valence-corrected chi connectivity index (χ1v) is 4.52. The first-order chi connectivity index (χ1) is 5.11. The topological polar surface area (TPSA) is 66.8 Å². The minimum atomic E-state index is -0.885. The Labute approximate surface area is 77.7 Å². The zero-order valence-electron chi connectivity index (χ0n) is 5.74. The molecule has 4 nitrogen and oxygen atoms in total. The largest absolute Gasteiger partial charge is 0.480 e. The van der Waals surface area contributed by atoms with Crippen molar-refractivity contribution < 1.29 is 19.7 Å². The Morgan fingerprint density at radius 2 is 2.36 bits per heavy atom. The molecule has 1 fully saturated rings. The van der Waals surface area contributed by atoms with Crippen LogP contribution in [0, 0.1) is 0 Å². The molecule has 0 bridgehead atoms. The van der Waals surface area contributed by atoms with Crippen molar-refractivity contribution in [3.8, 4) is 0 Å². The first kappa shape index (κ1) is 9.21. The maximum absolute atomic E-state index is 10.4. The molecule has 1 heterocycles. The summed E-state index contributed by atoms with van der Waals surface area (Å²) in [5.74, 6) is -0.885. The second-order valence-electron chi connectivity index (χ2n) is 2.50. The molecule has 5 heteroatoms. The third-order valence-electron chi connectivity index (χ3n) is 1.57. The predicted molar refractivity (Wildman–Crippen MR) is 45.8 cm³/mol. The molecule has 2 N–H and O–H groups in total. The number of ether oxygens (including phenoxy) is 1. The number of hydrogen-bond acceptors (Lipinski definition) is 3. The Bertz CT molecular complexity index is 161. The highest BCUT2D eigenvalue weighted by molar-refractivity contribution is 14.1. The van der Waals surface area contributed by atoms with Crippen LogP contribution in [0.3, 0.4) is 0 Å². The van der Waals surface area contributed by atoms with Gasteiger partial charge in [-0.2, -0.15) is 0 Å². The Kier molecular flexibility index (Phi) is 3.08. The van der Waals surface area contributed by atoms with Gasteiger partial charge < -0.3 is 14.9 Å². The summed E-state index contributed by atoms with van der Waals surface area (Å²) in [4.78, 5) is 10.4. The van der Waals surface area contributed by atoms with Crippen LogP contribution in [0.1, 0.15) is 6.42 Å². The first-order valence-electron chi connectivity index (χ1n) is 3.28. The normalized spacial score (nSPS) is 33.6. The van der Waals surface area contributed by atoms with E-state index >= 15 is 0 Å². The molecule has 1 aliphatic rings. The summed E-state index contributed by atoms with van der Waals surface area (Å²) < 4.78 is 4.50. The van der Waals surface area contributed by atoms with E-state index in [9.17, 15) is 4.79 Å². The minimum Gasteiger partial charge on any atom is -0.480 e. The molecule has 3 atom stereocenters. The van der Waals surface area contributed by atoms with Gasteiger partial charge in [0.15, 0.2) is 0 Å². The molecule has 0 spiro atoms. The number of hydrogen-bond donors (Lipinski definition) is 2. The van der Waals surface area contributed by atoms with Crippen molar-refractivity contribution in [3.63, 3.8) is 0 Å². The highest BCUT2D eigenvalue weighted by Gasteiger charge is 2.33. The molecule has 0 radical (unpaired) electrons. The van der Waals surface area contributed by atoms with Crippen LogP contribution in [0.25, 0.3) is 0 Å². The summed E-state index contributed by atoms with van der Waals surface area (Å²) in [5, 5.41) is 17.6. The second-order valence-corrected chi connectivity index (χ2v) is 3.84. The lowest BCUT2D eigenvalue weighted by Crippen LogP contribution is -2.27. The SMILES string of the molecule is O=C(O)C(I)C1CC(O)CO1. The van der Waals surface area contributed by atoms with E-state index in [1.807, 2.05) is 22.6 Å². The smallest absolute Gasteiger partial charge is 0.319 e. The molecule has 3 unspecified atom stereocenters. The maximum Gasteiger partial charge on any atom is 0.319 e. The van der Waals surface area contributed by atoms with Crippen LogP contribution in [-0.4, -0.2) is 38.9 Å². The van der Waals surface area contributed by atoms with Gasteiger partial charge in [0, 0.05) is 6.42 Å². The molecule has 0 aliphatic carbocycles. The summed E-state index contributed by atoms with van der Waals surface area (Å²) >= 11 is 1.81. The molecule has 0 aromatic heterocycles. The third-order valence-corrected chi connectivity index (χ3v) is 2.90. The molecule has 0 aromatic rings. The van der Waals surface area contributed by atoms with E-state index in [0.29, 0.717) is 6.42 Å². The summed E-state index contributed by atoms with van der Waals surface area (Å²) in [6, 6.07) is 0. The van der Waals surface area contributed by atoms with Crippen molar-refractivity contribution in [2.24, 2.45) is 0 Å². The zero-order valence-corrected chi connectivity index (χ0v) is 7.89. The molecule has 0 amide bonds. The van der Waals surface area contributed by atoms with Gasteiger partial charge in [0.05, 0.1) is 18.8 Å². The molecule has 1 saturated heterocycles. The Balaban J connectivity index is 2.43. The van der Waals surface area contributed by atoms with E-state index in [2.05, 4.69) is 0 Å².